The molecule has 1 aliphatic rings. The number of carbonyl (C=O) groups excluding carboxylic acids is 3. The number of piperazine rings is 1. The van der Waals surface area contributed by atoms with Crippen molar-refractivity contribution in [3.63, 3.8) is 0 Å². The zero-order valence-electron chi connectivity index (χ0n) is 11.5. The molecule has 0 aliphatic carbocycles. The molecule has 0 spiro atoms. The number of amides is 3. The summed E-state index contributed by atoms with van der Waals surface area (Å²) in [6, 6.07) is 5.62. The van der Waals surface area contributed by atoms with Gasteiger partial charge in [-0.3, -0.25) is 14.4 Å². The minimum atomic E-state index is -0.684. The summed E-state index contributed by atoms with van der Waals surface area (Å²) < 4.78 is 0. The molecule has 0 unspecified atom stereocenters. The highest BCUT2D eigenvalue weighted by atomic mass is 16.2. The molecule has 0 aromatic heterocycles. The maximum Gasteiger partial charge on any atom is 0.316 e. The molecule has 1 heterocycles. The first kappa shape index (κ1) is 14.0. The van der Waals surface area contributed by atoms with Gasteiger partial charge in [-0.25, -0.2) is 0 Å². The summed E-state index contributed by atoms with van der Waals surface area (Å²) in [5.74, 6) is -1.92. The van der Waals surface area contributed by atoms with E-state index in [0.717, 1.165) is 16.8 Å². The van der Waals surface area contributed by atoms with Crippen LogP contribution in [0.25, 0.3) is 0 Å². The van der Waals surface area contributed by atoms with Crippen LogP contribution in [0.3, 0.4) is 0 Å². The van der Waals surface area contributed by atoms with E-state index >= 15 is 0 Å². The third-order valence-electron chi connectivity index (χ3n) is 3.52. The summed E-state index contributed by atoms with van der Waals surface area (Å²) in [4.78, 5) is 37.7. The monoisotopic (exact) mass is 275 g/mol. The van der Waals surface area contributed by atoms with Gasteiger partial charge in [0.25, 0.3) is 0 Å². The smallest absolute Gasteiger partial charge is 0.316 e. The summed E-state index contributed by atoms with van der Waals surface area (Å²) in [5, 5.41) is 0. The summed E-state index contributed by atoms with van der Waals surface area (Å²) in [6.45, 7) is 4.32. The molecular weight excluding hydrogens is 258 g/mol. The first-order valence-corrected chi connectivity index (χ1v) is 6.37. The average molecular weight is 275 g/mol. The zero-order valence-corrected chi connectivity index (χ0v) is 11.5. The molecule has 0 bridgehead atoms. The van der Waals surface area contributed by atoms with Crippen LogP contribution in [0.15, 0.2) is 18.2 Å². The van der Waals surface area contributed by atoms with E-state index in [1.165, 1.54) is 9.80 Å². The molecule has 1 aliphatic heterocycles. The summed E-state index contributed by atoms with van der Waals surface area (Å²) in [5.41, 5.74) is 7.83. The summed E-state index contributed by atoms with van der Waals surface area (Å²) >= 11 is 0. The molecule has 1 aromatic rings. The van der Waals surface area contributed by atoms with Gasteiger partial charge in [0.05, 0.1) is 6.54 Å². The van der Waals surface area contributed by atoms with E-state index in [4.69, 9.17) is 5.73 Å². The van der Waals surface area contributed by atoms with Gasteiger partial charge in [-0.1, -0.05) is 12.1 Å². The predicted octanol–water partition coefficient (Wildman–Crippen LogP) is -0.0361. The van der Waals surface area contributed by atoms with Crippen molar-refractivity contribution in [2.75, 3.05) is 24.5 Å². The van der Waals surface area contributed by atoms with Crippen LogP contribution in [-0.4, -0.2) is 42.3 Å². The van der Waals surface area contributed by atoms with Gasteiger partial charge in [0.1, 0.15) is 0 Å². The van der Waals surface area contributed by atoms with Gasteiger partial charge in [0, 0.05) is 18.8 Å². The Morgan fingerprint density at radius 2 is 1.90 bits per heavy atom. The maximum absolute atomic E-state index is 12.2. The fourth-order valence-electron chi connectivity index (χ4n) is 2.27. The van der Waals surface area contributed by atoms with Crippen LogP contribution in [0.1, 0.15) is 11.1 Å². The highest BCUT2D eigenvalue weighted by molar-refractivity contribution is 6.41. The second kappa shape index (κ2) is 5.32. The Morgan fingerprint density at radius 3 is 2.55 bits per heavy atom. The van der Waals surface area contributed by atoms with Crippen LogP contribution in [-0.2, 0) is 14.4 Å². The van der Waals surface area contributed by atoms with E-state index in [0.29, 0.717) is 13.1 Å². The molecule has 0 saturated carbocycles. The molecule has 6 nitrogen and oxygen atoms in total. The van der Waals surface area contributed by atoms with Crippen LogP contribution >= 0.6 is 0 Å². The van der Waals surface area contributed by atoms with E-state index in [-0.39, 0.29) is 6.54 Å². The number of nitrogens with zero attached hydrogens (tertiary/aromatic N) is 2. The Labute approximate surface area is 117 Å². The number of hydrogen-bond acceptors (Lipinski definition) is 3. The third-order valence-corrected chi connectivity index (χ3v) is 3.52. The molecule has 20 heavy (non-hydrogen) atoms. The number of carbonyl (C=O) groups is 3. The number of hydrogen-bond donors (Lipinski definition) is 1. The number of aryl methyl sites for hydroxylation is 1. The van der Waals surface area contributed by atoms with Gasteiger partial charge in [-0.05, 0) is 31.0 Å². The van der Waals surface area contributed by atoms with Crippen molar-refractivity contribution < 1.29 is 14.4 Å². The van der Waals surface area contributed by atoms with Crippen molar-refractivity contribution in [1.29, 1.82) is 0 Å². The number of rotatable bonds is 3. The van der Waals surface area contributed by atoms with E-state index < -0.39 is 17.7 Å². The van der Waals surface area contributed by atoms with Gasteiger partial charge in [0.2, 0.25) is 5.91 Å². The molecule has 3 amide bonds. The fourth-order valence-corrected chi connectivity index (χ4v) is 2.27. The normalized spacial score (nSPS) is 15.7. The minimum Gasteiger partial charge on any atom is -0.368 e. The summed E-state index contributed by atoms with van der Waals surface area (Å²) in [7, 11) is 0. The molecule has 106 valence electrons. The lowest BCUT2D eigenvalue weighted by Gasteiger charge is -2.34. The number of nitrogens with two attached hydrogens (primary N) is 1. The largest absolute Gasteiger partial charge is 0.368 e. The molecule has 6 heteroatoms. The molecule has 2 rings (SSSR count). The number of anilines is 1. The zero-order chi connectivity index (χ0) is 14.9. The van der Waals surface area contributed by atoms with Gasteiger partial charge >= 0.3 is 11.8 Å². The standard InChI is InChI=1S/C14H17N3O3/c1-9-4-3-5-11(10(9)2)17-7-6-16(8-12(15)18)13(19)14(17)20/h3-5H,6-8H2,1-2H3,(H2,15,18). The van der Waals surface area contributed by atoms with Crippen LogP contribution in [0.5, 0.6) is 0 Å². The molecule has 1 aromatic carbocycles. The highest BCUT2D eigenvalue weighted by Gasteiger charge is 2.34. The number of benzene rings is 1. The predicted molar refractivity (Wildman–Crippen MR) is 74.0 cm³/mol. The van der Waals surface area contributed by atoms with E-state index in [1.54, 1.807) is 0 Å². The van der Waals surface area contributed by atoms with Crippen LogP contribution in [0.2, 0.25) is 0 Å². The Hall–Kier alpha value is -2.37. The first-order valence-electron chi connectivity index (χ1n) is 6.37. The van der Waals surface area contributed by atoms with Gasteiger partial charge in [-0.15, -0.1) is 0 Å². The highest BCUT2D eigenvalue weighted by Crippen LogP contribution is 2.24. The van der Waals surface area contributed by atoms with Crippen LogP contribution in [0.4, 0.5) is 5.69 Å². The lowest BCUT2D eigenvalue weighted by molar-refractivity contribution is -0.147. The SMILES string of the molecule is Cc1cccc(N2CCN(CC(N)=O)C(=O)C2=O)c1C. The molecule has 1 fully saturated rings. The van der Waals surface area contributed by atoms with Crippen LogP contribution in [0, 0.1) is 13.8 Å². The summed E-state index contributed by atoms with van der Waals surface area (Å²) in [6.07, 6.45) is 0. The second-order valence-electron chi connectivity index (χ2n) is 4.87. The van der Waals surface area contributed by atoms with Crippen molar-refractivity contribution in [2.24, 2.45) is 5.73 Å². The second-order valence-corrected chi connectivity index (χ2v) is 4.87. The quantitative estimate of drug-likeness (QED) is 0.786. The van der Waals surface area contributed by atoms with Crippen LogP contribution < -0.4 is 10.6 Å². The van der Waals surface area contributed by atoms with Gasteiger partial charge in [-0.2, -0.15) is 0 Å². The Bertz CT molecular complexity index is 583. The lowest BCUT2D eigenvalue weighted by atomic mass is 10.1. The van der Waals surface area contributed by atoms with E-state index in [9.17, 15) is 14.4 Å². The molecular formula is C14H17N3O3. The van der Waals surface area contributed by atoms with Gasteiger partial charge in [0.15, 0.2) is 0 Å². The van der Waals surface area contributed by atoms with Crippen molar-refractivity contribution in [3.05, 3.63) is 29.3 Å². The van der Waals surface area contributed by atoms with Crippen molar-refractivity contribution in [3.8, 4) is 0 Å². The topological polar surface area (TPSA) is 83.7 Å². The van der Waals surface area contributed by atoms with E-state index in [1.807, 2.05) is 32.0 Å². The van der Waals surface area contributed by atoms with E-state index in [2.05, 4.69) is 0 Å². The first-order chi connectivity index (χ1) is 9.41. The van der Waals surface area contributed by atoms with Crippen molar-refractivity contribution >= 4 is 23.4 Å². The van der Waals surface area contributed by atoms with Crippen molar-refractivity contribution in [1.82, 2.24) is 4.90 Å². The Kier molecular flexibility index (Phi) is 3.74. The third kappa shape index (κ3) is 2.49. The van der Waals surface area contributed by atoms with Crippen molar-refractivity contribution in [2.45, 2.75) is 13.8 Å². The molecule has 2 N–H and O–H groups in total. The number of primary amides is 1. The maximum atomic E-state index is 12.2. The Balaban J connectivity index is 2.25. The average Bonchev–Trinajstić information content (AvgIpc) is 2.39. The lowest BCUT2D eigenvalue weighted by Crippen LogP contribution is -2.56. The molecule has 0 atom stereocenters. The fraction of sp³-hybridized carbons (Fsp3) is 0.357. The Morgan fingerprint density at radius 1 is 1.20 bits per heavy atom. The molecule has 0 radical (unpaired) electrons. The van der Waals surface area contributed by atoms with Gasteiger partial charge < -0.3 is 15.5 Å². The molecule has 1 saturated heterocycles. The minimum absolute atomic E-state index is 0.217.